The fourth-order valence-corrected chi connectivity index (χ4v) is 2.76. The van der Waals surface area contributed by atoms with E-state index in [1.165, 1.54) is 23.5 Å². The van der Waals surface area contributed by atoms with Crippen LogP contribution in [-0.4, -0.2) is 52.2 Å². The Kier molecular flexibility index (Phi) is 7.10. The van der Waals surface area contributed by atoms with Gasteiger partial charge in [-0.1, -0.05) is 0 Å². The van der Waals surface area contributed by atoms with Crippen LogP contribution in [0.3, 0.4) is 0 Å². The maximum absolute atomic E-state index is 12.3. The van der Waals surface area contributed by atoms with Crippen molar-refractivity contribution < 1.29 is 17.9 Å². The lowest BCUT2D eigenvalue weighted by Gasteiger charge is -2.18. The smallest absolute Gasteiger partial charge is 0.242 e. The van der Waals surface area contributed by atoms with E-state index >= 15 is 0 Å². The van der Waals surface area contributed by atoms with Crippen LogP contribution in [0.1, 0.15) is 13.8 Å². The van der Waals surface area contributed by atoms with Gasteiger partial charge in [0.15, 0.2) is 0 Å². The zero-order chi connectivity index (χ0) is 15.9. The van der Waals surface area contributed by atoms with Crippen LogP contribution in [0.2, 0.25) is 0 Å². The number of benzene rings is 1. The highest BCUT2D eigenvalue weighted by molar-refractivity contribution is 7.89. The van der Waals surface area contributed by atoms with Gasteiger partial charge in [-0.15, -0.1) is 0 Å². The summed E-state index contributed by atoms with van der Waals surface area (Å²) in [6, 6.07) is 6.31. The van der Waals surface area contributed by atoms with Gasteiger partial charge in [-0.25, -0.2) is 8.42 Å². The van der Waals surface area contributed by atoms with Crippen molar-refractivity contribution in [1.29, 1.82) is 0 Å². The minimum absolute atomic E-state index is 0.0834. The monoisotopic (exact) mass is 316 g/mol. The Balaban J connectivity index is 2.68. The second kappa shape index (κ2) is 8.33. The van der Waals surface area contributed by atoms with Gasteiger partial charge in [0.2, 0.25) is 10.0 Å². The molecule has 0 heterocycles. The third kappa shape index (κ3) is 5.62. The summed E-state index contributed by atoms with van der Waals surface area (Å²) in [5, 5.41) is 0. The Hall–Kier alpha value is -1.15. The molecule has 120 valence electrons. The lowest BCUT2D eigenvalue weighted by atomic mass is 10.3. The van der Waals surface area contributed by atoms with Gasteiger partial charge in [0, 0.05) is 20.1 Å². The summed E-state index contributed by atoms with van der Waals surface area (Å²) in [6.45, 7) is 5.32. The molecule has 6 nitrogen and oxygen atoms in total. The van der Waals surface area contributed by atoms with Crippen molar-refractivity contribution in [3.63, 3.8) is 0 Å². The summed E-state index contributed by atoms with van der Waals surface area (Å²) in [5.74, 6) is 0.602. The Morgan fingerprint density at radius 1 is 1.19 bits per heavy atom. The van der Waals surface area contributed by atoms with Crippen molar-refractivity contribution in [3.05, 3.63) is 24.3 Å². The van der Waals surface area contributed by atoms with Crippen LogP contribution < -0.4 is 10.5 Å². The molecule has 0 unspecified atom stereocenters. The molecule has 0 aliphatic rings. The Morgan fingerprint density at radius 3 is 2.33 bits per heavy atom. The van der Waals surface area contributed by atoms with Crippen LogP contribution in [0.4, 0.5) is 0 Å². The summed E-state index contributed by atoms with van der Waals surface area (Å²) >= 11 is 0. The van der Waals surface area contributed by atoms with Crippen molar-refractivity contribution in [2.75, 3.05) is 33.4 Å². The molecular weight excluding hydrogens is 292 g/mol. The first-order chi connectivity index (χ1) is 9.87. The molecule has 7 heteroatoms. The zero-order valence-electron chi connectivity index (χ0n) is 12.8. The fraction of sp³-hybridized carbons (Fsp3) is 0.571. The molecule has 0 aliphatic heterocycles. The molecule has 0 amide bonds. The molecule has 0 saturated heterocycles. The Labute approximate surface area is 126 Å². The predicted octanol–water partition coefficient (Wildman–Crippen LogP) is 1.07. The lowest BCUT2D eigenvalue weighted by Crippen LogP contribution is -2.30. The first-order valence-electron chi connectivity index (χ1n) is 6.88. The number of hydrogen-bond acceptors (Lipinski definition) is 5. The maximum atomic E-state index is 12.3. The van der Waals surface area contributed by atoms with Gasteiger partial charge < -0.3 is 15.2 Å². The number of nitrogens with zero attached hydrogens (tertiary/aromatic N) is 1. The maximum Gasteiger partial charge on any atom is 0.242 e. The van der Waals surface area contributed by atoms with E-state index in [1.54, 1.807) is 12.1 Å². The Morgan fingerprint density at radius 2 is 1.81 bits per heavy atom. The molecule has 0 aliphatic carbocycles. The highest BCUT2D eigenvalue weighted by Gasteiger charge is 2.20. The first kappa shape index (κ1) is 17.9. The van der Waals surface area contributed by atoms with E-state index in [-0.39, 0.29) is 11.0 Å². The Bertz CT molecular complexity index is 514. The molecule has 21 heavy (non-hydrogen) atoms. The van der Waals surface area contributed by atoms with Gasteiger partial charge in [0.1, 0.15) is 12.4 Å². The third-order valence-electron chi connectivity index (χ3n) is 2.78. The molecule has 0 atom stereocenters. The minimum Gasteiger partial charge on any atom is -0.492 e. The van der Waals surface area contributed by atoms with Crippen molar-refractivity contribution in [2.24, 2.45) is 5.73 Å². The van der Waals surface area contributed by atoms with Crippen molar-refractivity contribution in [2.45, 2.75) is 24.8 Å². The summed E-state index contributed by atoms with van der Waals surface area (Å²) in [7, 11) is -1.96. The zero-order valence-corrected chi connectivity index (χ0v) is 13.6. The SMILES string of the molecule is CC(C)OCCN(C)S(=O)(=O)c1ccc(OCCN)cc1. The van der Waals surface area contributed by atoms with Crippen LogP contribution in [0.15, 0.2) is 29.2 Å². The summed E-state index contributed by atoms with van der Waals surface area (Å²) in [5.41, 5.74) is 5.34. The number of likely N-dealkylation sites (N-methyl/N-ethyl adjacent to an activating group) is 1. The van der Waals surface area contributed by atoms with Gasteiger partial charge in [-0.2, -0.15) is 4.31 Å². The molecule has 0 fully saturated rings. The quantitative estimate of drug-likeness (QED) is 0.737. The standard InChI is InChI=1S/C14H24N2O4S/c1-12(2)19-11-9-16(3)21(17,18)14-6-4-13(5-7-14)20-10-8-15/h4-7,12H,8-11,15H2,1-3H3. The van der Waals surface area contributed by atoms with Gasteiger partial charge in [0.25, 0.3) is 0 Å². The number of nitrogens with two attached hydrogens (primary N) is 1. The predicted molar refractivity (Wildman–Crippen MR) is 81.9 cm³/mol. The fourth-order valence-electron chi connectivity index (χ4n) is 1.60. The van der Waals surface area contributed by atoms with Crippen LogP contribution in [-0.2, 0) is 14.8 Å². The first-order valence-corrected chi connectivity index (χ1v) is 8.33. The van der Waals surface area contributed by atoms with Gasteiger partial charge in [0.05, 0.1) is 17.6 Å². The molecule has 0 radical (unpaired) electrons. The highest BCUT2D eigenvalue weighted by Crippen LogP contribution is 2.18. The average Bonchev–Trinajstić information content (AvgIpc) is 2.45. The van der Waals surface area contributed by atoms with Gasteiger partial charge in [-0.3, -0.25) is 0 Å². The van der Waals surface area contributed by atoms with Gasteiger partial charge in [-0.05, 0) is 38.1 Å². The van der Waals surface area contributed by atoms with Crippen molar-refractivity contribution >= 4 is 10.0 Å². The van der Waals surface area contributed by atoms with E-state index < -0.39 is 10.0 Å². The average molecular weight is 316 g/mol. The third-order valence-corrected chi connectivity index (χ3v) is 4.65. The largest absolute Gasteiger partial charge is 0.492 e. The van der Waals surface area contributed by atoms with Gasteiger partial charge >= 0.3 is 0 Å². The molecular formula is C14H24N2O4S. The second-order valence-electron chi connectivity index (χ2n) is 4.85. The van der Waals surface area contributed by atoms with Crippen LogP contribution >= 0.6 is 0 Å². The molecule has 1 aromatic rings. The van der Waals surface area contributed by atoms with Crippen LogP contribution in [0.25, 0.3) is 0 Å². The molecule has 1 rings (SSSR count). The molecule has 2 N–H and O–H groups in total. The molecule has 0 saturated carbocycles. The topological polar surface area (TPSA) is 81.9 Å². The van der Waals surface area contributed by atoms with E-state index in [0.29, 0.717) is 32.1 Å². The van der Waals surface area contributed by atoms with E-state index in [4.69, 9.17) is 15.2 Å². The van der Waals surface area contributed by atoms with E-state index in [0.717, 1.165) is 0 Å². The highest BCUT2D eigenvalue weighted by atomic mass is 32.2. The lowest BCUT2D eigenvalue weighted by molar-refractivity contribution is 0.0737. The summed E-state index contributed by atoms with van der Waals surface area (Å²) in [4.78, 5) is 0.231. The van der Waals surface area contributed by atoms with Crippen molar-refractivity contribution in [1.82, 2.24) is 4.31 Å². The number of sulfonamides is 1. The van der Waals surface area contributed by atoms with E-state index in [2.05, 4.69) is 0 Å². The van der Waals surface area contributed by atoms with Crippen LogP contribution in [0.5, 0.6) is 5.75 Å². The molecule has 1 aromatic carbocycles. The normalized spacial score (nSPS) is 12.1. The van der Waals surface area contributed by atoms with Crippen LogP contribution in [0, 0.1) is 0 Å². The van der Waals surface area contributed by atoms with E-state index in [9.17, 15) is 8.42 Å². The summed E-state index contributed by atoms with van der Waals surface area (Å²) < 4.78 is 36.7. The summed E-state index contributed by atoms with van der Waals surface area (Å²) in [6.07, 6.45) is 0.0834. The van der Waals surface area contributed by atoms with Crippen molar-refractivity contribution in [3.8, 4) is 5.75 Å². The number of ether oxygens (including phenoxy) is 2. The molecule has 0 aromatic heterocycles. The molecule has 0 bridgehead atoms. The number of rotatable bonds is 9. The molecule has 0 spiro atoms. The second-order valence-corrected chi connectivity index (χ2v) is 6.90. The van der Waals surface area contributed by atoms with E-state index in [1.807, 2.05) is 13.8 Å². The number of hydrogen-bond donors (Lipinski definition) is 1. The minimum atomic E-state index is -3.50.